The molecule has 0 aliphatic rings. The van der Waals surface area contributed by atoms with Crippen LogP contribution in [0.25, 0.3) is 16.6 Å². The molecule has 0 unspecified atom stereocenters. The standard InChI is InChI=1S/C31H24F2N6/c1-3-30(29-15-13-24-6-4-5-7-28(24)35-29)38(19-25-12-14-26(32)16-27(25)33)20-31-37-36-21(2)39(31)18-23-10-8-22(17-34)9-11-23/h4-16H,1,18-20H2,2H3. The molecule has 0 spiro atoms. The largest absolute Gasteiger partial charge is 0.352 e. The molecule has 0 atom stereocenters. The quantitative estimate of drug-likeness (QED) is 0.230. The van der Waals surface area contributed by atoms with E-state index in [1.165, 1.54) is 12.1 Å². The van der Waals surface area contributed by atoms with Crippen molar-refractivity contribution in [2.24, 2.45) is 0 Å². The van der Waals surface area contributed by atoms with Crippen LogP contribution < -0.4 is 0 Å². The number of hydrogen-bond acceptors (Lipinski definition) is 5. The SMILES string of the molecule is C=C=C(c1ccc2ccccc2n1)N(Cc1ccc(F)cc1F)Cc1nnc(C)n1Cc1ccc(C#N)cc1. The van der Waals surface area contributed by atoms with Gasteiger partial charge < -0.3 is 9.47 Å². The fourth-order valence-corrected chi connectivity index (χ4v) is 4.42. The number of para-hydroxylation sites is 1. The van der Waals surface area contributed by atoms with E-state index < -0.39 is 11.6 Å². The second-order valence-corrected chi connectivity index (χ2v) is 9.06. The lowest BCUT2D eigenvalue weighted by molar-refractivity contribution is 0.357. The summed E-state index contributed by atoms with van der Waals surface area (Å²) in [5.74, 6) is 0.0459. The molecule has 2 aromatic heterocycles. The molecule has 2 heterocycles. The minimum Gasteiger partial charge on any atom is -0.352 e. The number of rotatable bonds is 8. The highest BCUT2D eigenvalue weighted by Crippen LogP contribution is 2.25. The lowest BCUT2D eigenvalue weighted by Gasteiger charge is -2.26. The third kappa shape index (κ3) is 5.59. The summed E-state index contributed by atoms with van der Waals surface area (Å²) in [7, 11) is 0. The van der Waals surface area contributed by atoms with Gasteiger partial charge in [-0.1, -0.05) is 49.0 Å². The van der Waals surface area contributed by atoms with Gasteiger partial charge in [0.15, 0.2) is 5.82 Å². The molecule has 0 saturated carbocycles. The van der Waals surface area contributed by atoms with E-state index in [0.29, 0.717) is 40.7 Å². The normalized spacial score (nSPS) is 10.7. The van der Waals surface area contributed by atoms with Crippen LogP contribution in [0, 0.1) is 29.9 Å². The van der Waals surface area contributed by atoms with E-state index in [2.05, 4.69) is 28.6 Å². The molecule has 0 amide bonds. The molecular weight excluding hydrogens is 494 g/mol. The van der Waals surface area contributed by atoms with Crippen LogP contribution in [0.3, 0.4) is 0 Å². The fraction of sp³-hybridized carbons (Fsp3) is 0.129. The third-order valence-corrected chi connectivity index (χ3v) is 6.47. The van der Waals surface area contributed by atoms with Crippen molar-refractivity contribution in [3.8, 4) is 6.07 Å². The van der Waals surface area contributed by atoms with Gasteiger partial charge in [0.2, 0.25) is 0 Å². The first-order chi connectivity index (χ1) is 18.9. The van der Waals surface area contributed by atoms with E-state index in [0.717, 1.165) is 22.5 Å². The summed E-state index contributed by atoms with van der Waals surface area (Å²) in [6.07, 6.45) is 0. The molecule has 5 aromatic rings. The Balaban J connectivity index is 1.53. The lowest BCUT2D eigenvalue weighted by atomic mass is 10.1. The van der Waals surface area contributed by atoms with Gasteiger partial charge in [-0.2, -0.15) is 5.26 Å². The van der Waals surface area contributed by atoms with E-state index in [1.54, 1.807) is 12.1 Å². The Hall–Kier alpha value is -5.12. The zero-order valence-corrected chi connectivity index (χ0v) is 21.3. The Bertz CT molecular complexity index is 1740. The van der Waals surface area contributed by atoms with Gasteiger partial charge in [0.05, 0.1) is 35.9 Å². The molecule has 8 heteroatoms. The summed E-state index contributed by atoms with van der Waals surface area (Å²) in [5.41, 5.74) is 6.81. The van der Waals surface area contributed by atoms with Crippen LogP contribution in [0.15, 0.2) is 91.2 Å². The summed E-state index contributed by atoms with van der Waals surface area (Å²) in [5, 5.41) is 18.8. The molecule has 0 aliphatic carbocycles. The summed E-state index contributed by atoms with van der Waals surface area (Å²) in [6, 6.07) is 24.6. The second-order valence-electron chi connectivity index (χ2n) is 9.06. The predicted octanol–water partition coefficient (Wildman–Crippen LogP) is 6.16. The Labute approximate surface area is 224 Å². The van der Waals surface area contributed by atoms with Crippen LogP contribution in [-0.4, -0.2) is 24.6 Å². The first-order valence-electron chi connectivity index (χ1n) is 12.3. The van der Waals surface area contributed by atoms with Crippen LogP contribution in [0.5, 0.6) is 0 Å². The Morgan fingerprint density at radius 1 is 0.974 bits per heavy atom. The van der Waals surface area contributed by atoms with Crippen LogP contribution in [0.1, 0.15) is 34.0 Å². The maximum atomic E-state index is 14.8. The Morgan fingerprint density at radius 3 is 2.51 bits per heavy atom. The van der Waals surface area contributed by atoms with Gasteiger partial charge in [-0.3, -0.25) is 0 Å². The zero-order chi connectivity index (χ0) is 27.4. The van der Waals surface area contributed by atoms with Gasteiger partial charge >= 0.3 is 0 Å². The van der Waals surface area contributed by atoms with Crippen molar-refractivity contribution in [1.29, 1.82) is 5.26 Å². The molecule has 0 bridgehead atoms. The van der Waals surface area contributed by atoms with E-state index in [4.69, 9.17) is 10.2 Å². The number of nitriles is 1. The number of nitrogens with zero attached hydrogens (tertiary/aromatic N) is 6. The number of pyridine rings is 1. The summed E-state index contributed by atoms with van der Waals surface area (Å²) in [6.45, 7) is 6.58. The molecule has 39 heavy (non-hydrogen) atoms. The molecule has 6 nitrogen and oxygen atoms in total. The van der Waals surface area contributed by atoms with Crippen molar-refractivity contribution in [3.63, 3.8) is 0 Å². The topological polar surface area (TPSA) is 70.6 Å². The van der Waals surface area contributed by atoms with Crippen molar-refractivity contribution in [1.82, 2.24) is 24.6 Å². The Kier molecular flexibility index (Phi) is 7.26. The van der Waals surface area contributed by atoms with Crippen molar-refractivity contribution in [2.75, 3.05) is 0 Å². The number of aromatic nitrogens is 4. The molecule has 5 rings (SSSR count). The first-order valence-corrected chi connectivity index (χ1v) is 12.3. The molecule has 0 radical (unpaired) electrons. The molecular formula is C31H24F2N6. The molecule has 0 aliphatic heterocycles. The highest BCUT2D eigenvalue weighted by molar-refractivity contribution is 5.80. The molecule has 0 saturated heterocycles. The van der Waals surface area contributed by atoms with Crippen LogP contribution in [0.4, 0.5) is 8.78 Å². The number of halogens is 2. The first kappa shape index (κ1) is 25.5. The number of fused-ring (bicyclic) bond motifs is 1. The zero-order valence-electron chi connectivity index (χ0n) is 21.3. The van der Waals surface area contributed by atoms with E-state index >= 15 is 0 Å². The minimum absolute atomic E-state index is 0.0985. The van der Waals surface area contributed by atoms with Crippen LogP contribution >= 0.6 is 0 Å². The maximum Gasteiger partial charge on any atom is 0.152 e. The third-order valence-electron chi connectivity index (χ3n) is 6.47. The summed E-state index contributed by atoms with van der Waals surface area (Å²) < 4.78 is 30.4. The van der Waals surface area contributed by atoms with Gasteiger partial charge in [-0.15, -0.1) is 15.9 Å². The van der Waals surface area contributed by atoms with Gasteiger partial charge in [-0.25, -0.2) is 13.8 Å². The van der Waals surface area contributed by atoms with Crippen molar-refractivity contribution in [3.05, 3.63) is 137 Å². The monoisotopic (exact) mass is 518 g/mol. The van der Waals surface area contributed by atoms with Gasteiger partial charge in [0.25, 0.3) is 0 Å². The van der Waals surface area contributed by atoms with E-state index in [-0.39, 0.29) is 13.1 Å². The second kappa shape index (κ2) is 11.1. The molecule has 0 N–H and O–H groups in total. The smallest absolute Gasteiger partial charge is 0.152 e. The van der Waals surface area contributed by atoms with Crippen molar-refractivity contribution in [2.45, 2.75) is 26.6 Å². The summed E-state index contributed by atoms with van der Waals surface area (Å²) >= 11 is 0. The average Bonchev–Trinajstić information content (AvgIpc) is 3.29. The van der Waals surface area contributed by atoms with Gasteiger partial charge in [0.1, 0.15) is 23.2 Å². The lowest BCUT2D eigenvalue weighted by Crippen LogP contribution is -2.25. The van der Waals surface area contributed by atoms with Gasteiger partial charge in [0, 0.05) is 23.6 Å². The van der Waals surface area contributed by atoms with Crippen LogP contribution in [-0.2, 0) is 19.6 Å². The molecule has 0 fully saturated rings. The Morgan fingerprint density at radius 2 is 1.77 bits per heavy atom. The highest BCUT2D eigenvalue weighted by atomic mass is 19.1. The number of benzene rings is 3. The fourth-order valence-electron chi connectivity index (χ4n) is 4.42. The van der Waals surface area contributed by atoms with Crippen molar-refractivity contribution < 1.29 is 8.78 Å². The summed E-state index contributed by atoms with van der Waals surface area (Å²) in [4.78, 5) is 6.65. The van der Waals surface area contributed by atoms with Crippen LogP contribution in [0.2, 0.25) is 0 Å². The van der Waals surface area contributed by atoms with E-state index in [1.807, 2.05) is 64.9 Å². The number of hydrogen-bond donors (Lipinski definition) is 0. The molecule has 3 aromatic carbocycles. The average molecular weight is 519 g/mol. The number of aryl methyl sites for hydroxylation is 1. The van der Waals surface area contributed by atoms with E-state index in [9.17, 15) is 8.78 Å². The highest BCUT2D eigenvalue weighted by Gasteiger charge is 2.20. The maximum absolute atomic E-state index is 14.8. The van der Waals surface area contributed by atoms with Crippen molar-refractivity contribution >= 4 is 16.6 Å². The van der Waals surface area contributed by atoms with Gasteiger partial charge in [-0.05, 0) is 42.8 Å². The molecule has 192 valence electrons. The minimum atomic E-state index is -0.648. The predicted molar refractivity (Wildman–Crippen MR) is 145 cm³/mol.